The fourth-order valence-corrected chi connectivity index (χ4v) is 9.19. The maximum atomic E-state index is 13.7. The lowest BCUT2D eigenvalue weighted by Gasteiger charge is -2.39. The molecule has 2 aliphatic rings. The van der Waals surface area contributed by atoms with Crippen molar-refractivity contribution in [2.75, 3.05) is 12.0 Å². The minimum atomic E-state index is -0.995. The van der Waals surface area contributed by atoms with E-state index in [1.807, 2.05) is 24.5 Å². The highest BCUT2D eigenvalue weighted by Gasteiger charge is 2.38. The van der Waals surface area contributed by atoms with Crippen LogP contribution in [0.25, 0.3) is 11.1 Å². The summed E-state index contributed by atoms with van der Waals surface area (Å²) in [5, 5.41) is 12.5. The number of nitrogens with one attached hydrogen (secondary N) is 1. The molecular formula is C34H46NO3PS2. The Morgan fingerprint density at radius 2 is 1.59 bits per heavy atom. The van der Waals surface area contributed by atoms with Crippen molar-refractivity contribution < 1.29 is 14.7 Å². The lowest BCUT2D eigenvalue weighted by Crippen LogP contribution is -2.41. The van der Waals surface area contributed by atoms with Gasteiger partial charge in [0.25, 0.3) is 5.91 Å². The molecule has 0 aromatic heterocycles. The van der Waals surface area contributed by atoms with Gasteiger partial charge in [-0.1, -0.05) is 106 Å². The molecule has 0 aliphatic heterocycles. The Labute approximate surface area is 257 Å². The van der Waals surface area contributed by atoms with E-state index < -0.39 is 12.0 Å². The van der Waals surface area contributed by atoms with Crippen LogP contribution in [0.2, 0.25) is 0 Å². The predicted molar refractivity (Wildman–Crippen MR) is 177 cm³/mol. The lowest BCUT2D eigenvalue weighted by atomic mass is 9.73. The molecule has 4 nitrogen and oxygen atoms in total. The van der Waals surface area contributed by atoms with E-state index in [0.717, 1.165) is 36.9 Å². The van der Waals surface area contributed by atoms with Crippen LogP contribution in [0.3, 0.4) is 0 Å². The summed E-state index contributed by atoms with van der Waals surface area (Å²) in [5.74, 6) is 0.736. The molecule has 1 atom stereocenters. The second-order valence-electron chi connectivity index (χ2n) is 12.3. The first-order valence-corrected chi connectivity index (χ1v) is 18.7. The van der Waals surface area contributed by atoms with Gasteiger partial charge in [-0.05, 0) is 91.8 Å². The number of carbonyl (C=O) groups excluding carboxylic acids is 1. The van der Waals surface area contributed by atoms with Crippen LogP contribution in [-0.4, -0.2) is 35.0 Å². The molecule has 0 saturated heterocycles. The molecule has 2 N–H and O–H groups in total. The third-order valence-electron chi connectivity index (χ3n) is 9.33. The molecule has 41 heavy (non-hydrogen) atoms. The topological polar surface area (TPSA) is 66.4 Å². The third-order valence-corrected chi connectivity index (χ3v) is 12.0. The zero-order chi connectivity index (χ0) is 29.2. The molecule has 222 valence electrons. The van der Waals surface area contributed by atoms with E-state index >= 15 is 0 Å². The number of rotatable bonds is 13. The lowest BCUT2D eigenvalue weighted by molar-refractivity contribution is -0.139. The molecule has 0 spiro atoms. The summed E-state index contributed by atoms with van der Waals surface area (Å²) in [5.41, 5.74) is 4.76. The van der Waals surface area contributed by atoms with E-state index in [1.165, 1.54) is 69.8 Å². The summed E-state index contributed by atoms with van der Waals surface area (Å²) >= 11 is 7.61. The molecule has 1 amide bonds. The molecule has 2 aromatic rings. The van der Waals surface area contributed by atoms with Gasteiger partial charge in [0, 0.05) is 10.7 Å². The monoisotopic (exact) mass is 611 g/mol. The van der Waals surface area contributed by atoms with E-state index in [1.54, 1.807) is 11.8 Å². The van der Waals surface area contributed by atoms with E-state index in [0.29, 0.717) is 29.6 Å². The van der Waals surface area contributed by atoms with Gasteiger partial charge in [0.1, 0.15) is 6.04 Å². The highest BCUT2D eigenvalue weighted by atomic mass is 32.4. The number of aryl methyl sites for hydroxylation is 1. The van der Waals surface area contributed by atoms with Gasteiger partial charge in [0.05, 0.1) is 0 Å². The summed E-state index contributed by atoms with van der Waals surface area (Å²) in [7, 11) is 0.995. The average molecular weight is 612 g/mol. The number of aliphatic carboxylic acids is 1. The molecule has 0 unspecified atom stereocenters. The zero-order valence-corrected chi connectivity index (χ0v) is 27.2. The van der Waals surface area contributed by atoms with Gasteiger partial charge >= 0.3 is 5.97 Å². The molecule has 4 rings (SSSR count). The number of benzene rings is 2. The SMILES string of the molecule is CSCC[C@H](NC(=O)c1ccc(C(CC2CCCCC2)(CC2CCCCC2)P=S)cc1-c1ccccc1C)C(=O)O. The van der Waals surface area contributed by atoms with Crippen molar-refractivity contribution in [1.82, 2.24) is 5.32 Å². The van der Waals surface area contributed by atoms with Gasteiger partial charge in [-0.25, -0.2) is 4.79 Å². The molecule has 7 heteroatoms. The fourth-order valence-electron chi connectivity index (χ4n) is 7.04. The Morgan fingerprint density at radius 1 is 0.976 bits per heavy atom. The van der Waals surface area contributed by atoms with E-state index in [9.17, 15) is 14.7 Å². The van der Waals surface area contributed by atoms with Crippen molar-refractivity contribution in [3.63, 3.8) is 0 Å². The number of carboxylic acid groups (broad SMARTS) is 1. The van der Waals surface area contributed by atoms with Gasteiger partial charge in [0.2, 0.25) is 0 Å². The number of hydrogen-bond donors (Lipinski definition) is 2. The van der Waals surface area contributed by atoms with Crippen LogP contribution in [0, 0.1) is 18.8 Å². The standard InChI is InChI=1S/C34H46NO3PS2/c1-24-11-9-10-16-28(24)30-21-27(17-18-29(30)32(36)35-31(33(37)38)19-20-41-2)34(39-40,22-25-12-5-3-6-13-25)23-26-14-7-4-8-15-26/h9-11,16-18,21,25-26,31H,3-8,12-15,19-20,22-23H2,1-2H3,(H,35,36)(H,37,38)/t31-/m0/s1. The summed E-state index contributed by atoms with van der Waals surface area (Å²) in [6.07, 6.45) is 17.6. The largest absolute Gasteiger partial charge is 0.480 e. The van der Waals surface area contributed by atoms with Gasteiger partial charge in [-0.2, -0.15) is 11.8 Å². The fraction of sp³-hybridized carbons (Fsp3) is 0.588. The Morgan fingerprint density at radius 3 is 2.12 bits per heavy atom. The molecular weight excluding hydrogens is 565 g/mol. The average Bonchev–Trinajstić information content (AvgIpc) is 2.99. The molecule has 2 saturated carbocycles. The molecule has 2 aliphatic carbocycles. The third kappa shape index (κ3) is 8.42. The number of hydrogen-bond acceptors (Lipinski definition) is 4. The van der Waals surface area contributed by atoms with Crippen molar-refractivity contribution in [2.24, 2.45) is 11.8 Å². The number of carboxylic acids is 1. The maximum Gasteiger partial charge on any atom is 0.326 e. The zero-order valence-electron chi connectivity index (χ0n) is 24.7. The van der Waals surface area contributed by atoms with Gasteiger partial charge in [-0.15, -0.1) is 0 Å². The van der Waals surface area contributed by atoms with Crippen molar-refractivity contribution in [2.45, 2.75) is 102 Å². The van der Waals surface area contributed by atoms with Crippen LogP contribution in [-0.2, 0) is 21.8 Å². The van der Waals surface area contributed by atoms with Gasteiger partial charge in [-0.3, -0.25) is 4.79 Å². The smallest absolute Gasteiger partial charge is 0.326 e. The van der Waals surface area contributed by atoms with Crippen LogP contribution in [0.1, 0.15) is 105 Å². The minimum Gasteiger partial charge on any atom is -0.480 e. The highest BCUT2D eigenvalue weighted by molar-refractivity contribution is 7.98. The van der Waals surface area contributed by atoms with E-state index in [-0.39, 0.29) is 11.1 Å². The Bertz CT molecular complexity index is 1170. The first-order valence-electron chi connectivity index (χ1n) is 15.4. The minimum absolute atomic E-state index is 0.117. The van der Waals surface area contributed by atoms with Crippen LogP contribution < -0.4 is 5.32 Å². The summed E-state index contributed by atoms with van der Waals surface area (Å²) in [6, 6.07) is 13.6. The van der Waals surface area contributed by atoms with Crippen molar-refractivity contribution in [1.29, 1.82) is 0 Å². The molecule has 2 aromatic carbocycles. The predicted octanol–water partition coefficient (Wildman–Crippen LogP) is 9.14. The number of amides is 1. The highest BCUT2D eigenvalue weighted by Crippen LogP contribution is 2.51. The quantitative estimate of drug-likeness (QED) is 0.221. The summed E-state index contributed by atoms with van der Waals surface area (Å²) < 4.78 is 0. The molecule has 2 fully saturated rings. The second kappa shape index (κ2) is 15.6. The first kappa shape index (κ1) is 32.2. The molecule has 0 radical (unpaired) electrons. The van der Waals surface area contributed by atoms with Gasteiger partial charge < -0.3 is 10.4 Å². The van der Waals surface area contributed by atoms with Crippen LogP contribution >= 0.6 is 19.1 Å². The maximum absolute atomic E-state index is 13.7. The number of thioether (sulfide) groups is 1. The summed E-state index contributed by atoms with van der Waals surface area (Å²) in [6.45, 7) is 2.07. The number of carbonyl (C=O) groups is 2. The van der Waals surface area contributed by atoms with E-state index in [2.05, 4.69) is 36.5 Å². The van der Waals surface area contributed by atoms with Crippen molar-refractivity contribution in [3.8, 4) is 11.1 Å². The molecule has 0 heterocycles. The summed E-state index contributed by atoms with van der Waals surface area (Å²) in [4.78, 5) is 25.6. The van der Waals surface area contributed by atoms with Crippen molar-refractivity contribution >= 4 is 42.8 Å². The van der Waals surface area contributed by atoms with Gasteiger partial charge in [0.15, 0.2) is 0 Å². The van der Waals surface area contributed by atoms with Crippen molar-refractivity contribution in [3.05, 3.63) is 59.2 Å². The second-order valence-corrected chi connectivity index (χ2v) is 14.8. The van der Waals surface area contributed by atoms with E-state index in [4.69, 9.17) is 11.8 Å². The Kier molecular flexibility index (Phi) is 12.3. The van der Waals surface area contributed by atoms with Crippen LogP contribution in [0.5, 0.6) is 0 Å². The molecule has 0 bridgehead atoms. The first-order chi connectivity index (χ1) is 19.9. The van der Waals surface area contributed by atoms with Crippen LogP contribution in [0.15, 0.2) is 42.5 Å². The normalized spacial score (nSPS) is 17.8. The Hall–Kier alpha value is -1.75. The van der Waals surface area contributed by atoms with Crippen LogP contribution in [0.4, 0.5) is 0 Å². The Balaban J connectivity index is 1.78.